The van der Waals surface area contributed by atoms with Crippen LogP contribution in [0.5, 0.6) is 0 Å². The van der Waals surface area contributed by atoms with E-state index in [0.29, 0.717) is 0 Å². The minimum Gasteiger partial charge on any atom is -0.295 e. The van der Waals surface area contributed by atoms with Crippen LogP contribution >= 0.6 is 15.9 Å². The number of rotatable bonds is 1. The van der Waals surface area contributed by atoms with Gasteiger partial charge in [0, 0.05) is 0 Å². The second-order valence-corrected chi connectivity index (χ2v) is 3.38. The topological polar surface area (TPSA) is 17.1 Å². The minimum atomic E-state index is 0.191. The van der Waals surface area contributed by atoms with Crippen LogP contribution in [0.3, 0.4) is 0 Å². The molecule has 0 saturated heterocycles. The van der Waals surface area contributed by atoms with Crippen LogP contribution in [0, 0.1) is 0 Å². The molecule has 54 valence electrons. The van der Waals surface area contributed by atoms with Gasteiger partial charge in [0.15, 0.2) is 5.78 Å². The van der Waals surface area contributed by atoms with Gasteiger partial charge in [-0.25, -0.2) is 0 Å². The SMILES string of the molecule is CC(=O)C1=CC=C(Br)CC1. The molecule has 0 aromatic carbocycles. The van der Waals surface area contributed by atoms with E-state index in [0.717, 1.165) is 18.4 Å². The molecule has 0 unspecified atom stereocenters. The van der Waals surface area contributed by atoms with E-state index >= 15 is 0 Å². The predicted molar refractivity (Wildman–Crippen MR) is 45.0 cm³/mol. The van der Waals surface area contributed by atoms with E-state index in [4.69, 9.17) is 0 Å². The summed E-state index contributed by atoms with van der Waals surface area (Å²) in [7, 11) is 0. The van der Waals surface area contributed by atoms with Crippen LogP contribution < -0.4 is 0 Å². The lowest BCUT2D eigenvalue weighted by Gasteiger charge is -2.06. The number of ketones is 1. The molecule has 0 N–H and O–H groups in total. The molecule has 1 aliphatic carbocycles. The highest BCUT2D eigenvalue weighted by atomic mass is 79.9. The molecule has 0 amide bonds. The summed E-state index contributed by atoms with van der Waals surface area (Å²) in [6.45, 7) is 1.61. The number of hydrogen-bond donors (Lipinski definition) is 0. The van der Waals surface area contributed by atoms with Crippen molar-refractivity contribution < 1.29 is 4.79 Å². The van der Waals surface area contributed by atoms with Crippen LogP contribution in [0.15, 0.2) is 22.2 Å². The van der Waals surface area contributed by atoms with Gasteiger partial charge in [-0.05, 0) is 29.8 Å². The molecule has 1 nitrogen and oxygen atoms in total. The van der Waals surface area contributed by atoms with Gasteiger partial charge in [0.2, 0.25) is 0 Å². The molecule has 0 atom stereocenters. The van der Waals surface area contributed by atoms with Crippen LogP contribution in [0.2, 0.25) is 0 Å². The molecule has 0 aliphatic heterocycles. The number of hydrogen-bond acceptors (Lipinski definition) is 1. The van der Waals surface area contributed by atoms with Crippen LogP contribution in [0.4, 0.5) is 0 Å². The predicted octanol–water partition coefficient (Wildman–Crippen LogP) is 2.57. The van der Waals surface area contributed by atoms with E-state index in [1.807, 2.05) is 12.2 Å². The molecule has 0 heterocycles. The molecular weight excluding hydrogens is 192 g/mol. The summed E-state index contributed by atoms with van der Waals surface area (Å²) in [5.41, 5.74) is 0.934. The maximum absolute atomic E-state index is 10.8. The molecule has 1 aliphatic rings. The Balaban J connectivity index is 2.74. The first-order valence-electron chi connectivity index (χ1n) is 3.26. The number of allylic oxidation sites excluding steroid dienone is 4. The second kappa shape index (κ2) is 3.15. The average molecular weight is 201 g/mol. The molecule has 0 radical (unpaired) electrons. The Morgan fingerprint density at radius 3 is 2.60 bits per heavy atom. The zero-order valence-electron chi connectivity index (χ0n) is 5.86. The lowest BCUT2D eigenvalue weighted by molar-refractivity contribution is -0.113. The minimum absolute atomic E-state index is 0.191. The van der Waals surface area contributed by atoms with E-state index in [1.165, 1.54) is 4.48 Å². The van der Waals surface area contributed by atoms with E-state index in [9.17, 15) is 4.79 Å². The van der Waals surface area contributed by atoms with Gasteiger partial charge >= 0.3 is 0 Å². The number of carbonyl (C=O) groups is 1. The Bertz CT molecular complexity index is 213. The molecule has 0 aromatic rings. The summed E-state index contributed by atoms with van der Waals surface area (Å²) in [6, 6.07) is 0. The summed E-state index contributed by atoms with van der Waals surface area (Å²) < 4.78 is 1.18. The van der Waals surface area contributed by atoms with Crippen molar-refractivity contribution in [3.8, 4) is 0 Å². The summed E-state index contributed by atoms with van der Waals surface area (Å²) in [6.07, 6.45) is 5.67. The van der Waals surface area contributed by atoms with Crippen LogP contribution in [-0.4, -0.2) is 5.78 Å². The first-order chi connectivity index (χ1) is 4.70. The number of Topliss-reactive ketones (excluding diaryl/α,β-unsaturated/α-hetero) is 1. The Kier molecular flexibility index (Phi) is 2.44. The highest BCUT2D eigenvalue weighted by Gasteiger charge is 2.06. The van der Waals surface area contributed by atoms with Crippen molar-refractivity contribution in [1.82, 2.24) is 0 Å². The number of halogens is 1. The van der Waals surface area contributed by atoms with Gasteiger partial charge in [-0.3, -0.25) is 4.79 Å². The standard InChI is InChI=1S/C8H9BrO/c1-6(10)7-2-4-8(9)5-3-7/h2,4H,3,5H2,1H3. The van der Waals surface area contributed by atoms with Gasteiger partial charge in [0.05, 0.1) is 0 Å². The summed E-state index contributed by atoms with van der Waals surface area (Å²) in [5, 5.41) is 0. The highest BCUT2D eigenvalue weighted by Crippen LogP contribution is 2.22. The maximum atomic E-state index is 10.8. The number of carbonyl (C=O) groups excluding carboxylic acids is 1. The van der Waals surface area contributed by atoms with E-state index in [2.05, 4.69) is 15.9 Å². The van der Waals surface area contributed by atoms with Gasteiger partial charge in [-0.1, -0.05) is 28.1 Å². The van der Waals surface area contributed by atoms with Gasteiger partial charge in [-0.15, -0.1) is 0 Å². The molecule has 1 rings (SSSR count). The Morgan fingerprint density at radius 1 is 1.50 bits per heavy atom. The zero-order valence-corrected chi connectivity index (χ0v) is 7.44. The quantitative estimate of drug-likeness (QED) is 0.637. The Hall–Kier alpha value is -0.370. The molecule has 2 heteroatoms. The largest absolute Gasteiger partial charge is 0.295 e. The molecule has 0 fully saturated rings. The lowest BCUT2D eigenvalue weighted by Crippen LogP contribution is -1.98. The van der Waals surface area contributed by atoms with Gasteiger partial charge in [0.25, 0.3) is 0 Å². The molecule has 0 aromatic heterocycles. The fourth-order valence-electron chi connectivity index (χ4n) is 0.905. The third-order valence-corrected chi connectivity index (χ3v) is 2.21. The first kappa shape index (κ1) is 7.73. The molecule has 0 spiro atoms. The Labute approximate surface area is 68.9 Å². The lowest BCUT2D eigenvalue weighted by atomic mass is 10.0. The summed E-state index contributed by atoms with van der Waals surface area (Å²) in [5.74, 6) is 0.191. The summed E-state index contributed by atoms with van der Waals surface area (Å²) >= 11 is 3.37. The molecular formula is C8H9BrO. The monoisotopic (exact) mass is 200 g/mol. The smallest absolute Gasteiger partial charge is 0.155 e. The van der Waals surface area contributed by atoms with Crippen LogP contribution in [0.25, 0.3) is 0 Å². The average Bonchev–Trinajstić information content (AvgIpc) is 1.88. The van der Waals surface area contributed by atoms with Gasteiger partial charge < -0.3 is 0 Å². The Morgan fingerprint density at radius 2 is 2.20 bits per heavy atom. The van der Waals surface area contributed by atoms with Crippen molar-refractivity contribution in [2.75, 3.05) is 0 Å². The first-order valence-corrected chi connectivity index (χ1v) is 4.05. The van der Waals surface area contributed by atoms with Crippen LogP contribution in [-0.2, 0) is 4.79 Å². The van der Waals surface area contributed by atoms with Crippen LogP contribution in [0.1, 0.15) is 19.8 Å². The van der Waals surface area contributed by atoms with Gasteiger partial charge in [0.1, 0.15) is 0 Å². The maximum Gasteiger partial charge on any atom is 0.155 e. The molecule has 0 bridgehead atoms. The fourth-order valence-corrected chi connectivity index (χ4v) is 1.24. The fraction of sp³-hybridized carbons (Fsp3) is 0.375. The highest BCUT2D eigenvalue weighted by molar-refractivity contribution is 9.11. The molecule has 0 saturated carbocycles. The zero-order chi connectivity index (χ0) is 7.56. The second-order valence-electron chi connectivity index (χ2n) is 2.36. The van der Waals surface area contributed by atoms with E-state index < -0.39 is 0 Å². The van der Waals surface area contributed by atoms with Crippen molar-refractivity contribution in [1.29, 1.82) is 0 Å². The van der Waals surface area contributed by atoms with Gasteiger partial charge in [-0.2, -0.15) is 0 Å². The molecule has 10 heavy (non-hydrogen) atoms. The van der Waals surface area contributed by atoms with E-state index in [1.54, 1.807) is 6.92 Å². The van der Waals surface area contributed by atoms with Crippen molar-refractivity contribution in [3.05, 3.63) is 22.2 Å². The van der Waals surface area contributed by atoms with E-state index in [-0.39, 0.29) is 5.78 Å². The summed E-state index contributed by atoms with van der Waals surface area (Å²) in [4.78, 5) is 10.8. The van der Waals surface area contributed by atoms with Crippen molar-refractivity contribution in [3.63, 3.8) is 0 Å². The van der Waals surface area contributed by atoms with Crippen molar-refractivity contribution >= 4 is 21.7 Å². The van der Waals surface area contributed by atoms with Crippen molar-refractivity contribution in [2.24, 2.45) is 0 Å². The third-order valence-electron chi connectivity index (χ3n) is 1.55. The normalized spacial score (nSPS) is 17.8. The third kappa shape index (κ3) is 1.81. The van der Waals surface area contributed by atoms with Crippen molar-refractivity contribution in [2.45, 2.75) is 19.8 Å².